The third kappa shape index (κ3) is 2.78. The number of hydrogen-bond donors (Lipinski definition) is 0. The van der Waals surface area contributed by atoms with E-state index >= 15 is 0 Å². The smallest absolute Gasteiger partial charge is 0.145 e. The van der Waals surface area contributed by atoms with Gasteiger partial charge in [0.15, 0.2) is 0 Å². The zero-order valence-electron chi connectivity index (χ0n) is 19.8. The van der Waals surface area contributed by atoms with Crippen LogP contribution in [0.1, 0.15) is 36.1 Å². The number of aliphatic imine (C=N–C) groups is 1. The Morgan fingerprint density at radius 3 is 2.29 bits per heavy atom. The van der Waals surface area contributed by atoms with Crippen molar-refractivity contribution in [3.63, 3.8) is 0 Å². The van der Waals surface area contributed by atoms with Gasteiger partial charge < -0.3 is 4.42 Å². The van der Waals surface area contributed by atoms with Crippen LogP contribution in [0.4, 0.5) is 0 Å². The second kappa shape index (κ2) is 7.56. The van der Waals surface area contributed by atoms with Gasteiger partial charge in [-0.3, -0.25) is 4.99 Å². The molecular formula is C32H27NO. The fraction of sp³-hybridized carbons (Fsp3) is 0.156. The predicted octanol–water partition coefficient (Wildman–Crippen LogP) is 8.45. The predicted molar refractivity (Wildman–Crippen MR) is 143 cm³/mol. The Labute approximate surface area is 200 Å². The van der Waals surface area contributed by atoms with Crippen LogP contribution in [-0.2, 0) is 5.54 Å². The van der Waals surface area contributed by atoms with Gasteiger partial charge in [-0.05, 0) is 58.9 Å². The number of allylic oxidation sites excluding steroid dienone is 1. The number of aryl methyl sites for hydroxylation is 1. The summed E-state index contributed by atoms with van der Waals surface area (Å²) in [5.41, 5.74) is 9.31. The van der Waals surface area contributed by atoms with E-state index in [1.54, 1.807) is 0 Å². The summed E-state index contributed by atoms with van der Waals surface area (Å²) in [7, 11) is 0. The summed E-state index contributed by atoms with van der Waals surface area (Å²) in [6.07, 6.45) is 1.88. The number of furan rings is 1. The van der Waals surface area contributed by atoms with E-state index in [2.05, 4.69) is 106 Å². The monoisotopic (exact) mass is 441 g/mol. The quantitative estimate of drug-likeness (QED) is 0.275. The maximum absolute atomic E-state index is 6.60. The average molecular weight is 442 g/mol. The molecule has 2 heterocycles. The lowest BCUT2D eigenvalue weighted by atomic mass is 9.73. The van der Waals surface area contributed by atoms with Crippen molar-refractivity contribution in [2.45, 2.75) is 26.3 Å². The molecule has 0 radical (unpaired) electrons. The zero-order valence-corrected chi connectivity index (χ0v) is 19.8. The Hall–Kier alpha value is -3.91. The van der Waals surface area contributed by atoms with E-state index in [0.717, 1.165) is 38.8 Å². The van der Waals surface area contributed by atoms with Gasteiger partial charge in [0.1, 0.15) is 16.7 Å². The molecule has 0 amide bonds. The van der Waals surface area contributed by atoms with Crippen LogP contribution in [0.2, 0.25) is 0 Å². The minimum atomic E-state index is -0.466. The number of fused-ring (bicyclic) bond motifs is 5. The molecule has 2 nitrogen and oxygen atoms in total. The maximum Gasteiger partial charge on any atom is 0.145 e. The first-order valence-electron chi connectivity index (χ1n) is 11.9. The normalized spacial score (nSPS) is 17.4. The van der Waals surface area contributed by atoms with E-state index in [1.807, 2.05) is 12.1 Å². The van der Waals surface area contributed by atoms with Crippen molar-refractivity contribution in [2.24, 2.45) is 10.9 Å². The molecule has 6 rings (SSSR count). The fourth-order valence-corrected chi connectivity index (χ4v) is 5.63. The highest BCUT2D eigenvalue weighted by molar-refractivity contribution is 6.21. The molecule has 0 bridgehead atoms. The van der Waals surface area contributed by atoms with Gasteiger partial charge >= 0.3 is 0 Å². The highest BCUT2D eigenvalue weighted by Crippen LogP contribution is 2.50. The minimum absolute atomic E-state index is 0.260. The molecule has 166 valence electrons. The van der Waals surface area contributed by atoms with E-state index in [4.69, 9.17) is 9.41 Å². The molecule has 2 heteroatoms. The Morgan fingerprint density at radius 2 is 1.56 bits per heavy atom. The van der Waals surface area contributed by atoms with Crippen molar-refractivity contribution < 1.29 is 4.42 Å². The lowest BCUT2D eigenvalue weighted by Gasteiger charge is -2.34. The summed E-state index contributed by atoms with van der Waals surface area (Å²) in [5.74, 6) is 0.260. The SMILES string of the molecule is C=CC1=NC(c2ccccc2C)(C(C)C)c2ccc3c(oc4cc(-c5ccccc5)ccc43)c21. The van der Waals surface area contributed by atoms with Gasteiger partial charge in [0, 0.05) is 16.3 Å². The van der Waals surface area contributed by atoms with E-state index in [1.165, 1.54) is 22.3 Å². The van der Waals surface area contributed by atoms with Crippen LogP contribution in [0.25, 0.3) is 33.1 Å². The Bertz CT molecular complexity index is 1600. The lowest BCUT2D eigenvalue weighted by molar-refractivity contribution is 0.392. The molecular weight excluding hydrogens is 414 g/mol. The zero-order chi connectivity index (χ0) is 23.4. The van der Waals surface area contributed by atoms with Gasteiger partial charge in [-0.2, -0.15) is 0 Å². The van der Waals surface area contributed by atoms with Crippen molar-refractivity contribution in [3.05, 3.63) is 120 Å². The van der Waals surface area contributed by atoms with Crippen LogP contribution in [-0.4, -0.2) is 5.71 Å². The summed E-state index contributed by atoms with van der Waals surface area (Å²) in [4.78, 5) is 5.36. The highest BCUT2D eigenvalue weighted by Gasteiger charge is 2.45. The molecule has 34 heavy (non-hydrogen) atoms. The van der Waals surface area contributed by atoms with Gasteiger partial charge in [0.05, 0.1) is 5.71 Å². The highest BCUT2D eigenvalue weighted by atomic mass is 16.3. The van der Waals surface area contributed by atoms with Gasteiger partial charge in [-0.25, -0.2) is 0 Å². The van der Waals surface area contributed by atoms with Crippen LogP contribution in [0, 0.1) is 12.8 Å². The van der Waals surface area contributed by atoms with E-state index in [9.17, 15) is 0 Å². The van der Waals surface area contributed by atoms with E-state index < -0.39 is 5.54 Å². The first-order valence-corrected chi connectivity index (χ1v) is 11.9. The van der Waals surface area contributed by atoms with Crippen LogP contribution >= 0.6 is 0 Å². The van der Waals surface area contributed by atoms with Crippen LogP contribution in [0.5, 0.6) is 0 Å². The fourth-order valence-electron chi connectivity index (χ4n) is 5.63. The maximum atomic E-state index is 6.60. The van der Waals surface area contributed by atoms with E-state index in [-0.39, 0.29) is 5.92 Å². The summed E-state index contributed by atoms with van der Waals surface area (Å²) in [6, 6.07) is 30.0. The van der Waals surface area contributed by atoms with Crippen LogP contribution in [0.15, 0.2) is 107 Å². The molecule has 1 aliphatic heterocycles. The Balaban J connectivity index is 1.65. The average Bonchev–Trinajstić information content (AvgIpc) is 3.40. The molecule has 0 aliphatic carbocycles. The molecule has 0 N–H and O–H groups in total. The second-order valence-corrected chi connectivity index (χ2v) is 9.48. The summed E-state index contributed by atoms with van der Waals surface area (Å²) in [5, 5.41) is 2.24. The number of nitrogens with zero attached hydrogens (tertiary/aromatic N) is 1. The Morgan fingerprint density at radius 1 is 0.824 bits per heavy atom. The molecule has 0 spiro atoms. The molecule has 0 fully saturated rings. The largest absolute Gasteiger partial charge is 0.455 e. The Kier molecular flexibility index (Phi) is 4.60. The number of benzene rings is 4. The molecule has 1 unspecified atom stereocenters. The first kappa shape index (κ1) is 20.7. The van der Waals surface area contributed by atoms with Crippen molar-refractivity contribution in [1.29, 1.82) is 0 Å². The standard InChI is InChI=1S/C32H27NO/c1-5-28-30-27(32(33-28,20(2)3)26-14-10-9-11-21(26)4)18-17-25-24-16-15-23(19-29(24)34-31(25)30)22-12-7-6-8-13-22/h5-20H,1H2,2-4H3. The second-order valence-electron chi connectivity index (χ2n) is 9.48. The van der Waals surface area contributed by atoms with Crippen LogP contribution < -0.4 is 0 Å². The molecule has 0 saturated heterocycles. The molecule has 0 saturated carbocycles. The first-order chi connectivity index (χ1) is 16.5. The van der Waals surface area contributed by atoms with Crippen molar-refractivity contribution >= 4 is 27.7 Å². The van der Waals surface area contributed by atoms with Gasteiger partial charge in [0.25, 0.3) is 0 Å². The van der Waals surface area contributed by atoms with Gasteiger partial charge in [-0.15, -0.1) is 0 Å². The van der Waals surface area contributed by atoms with Crippen molar-refractivity contribution in [3.8, 4) is 11.1 Å². The lowest BCUT2D eigenvalue weighted by Crippen LogP contribution is -2.31. The van der Waals surface area contributed by atoms with Crippen molar-refractivity contribution in [1.82, 2.24) is 0 Å². The number of hydrogen-bond acceptors (Lipinski definition) is 2. The number of rotatable bonds is 4. The molecule has 5 aromatic rings. The van der Waals surface area contributed by atoms with E-state index in [0.29, 0.717) is 0 Å². The van der Waals surface area contributed by atoms with Gasteiger partial charge in [-0.1, -0.05) is 93.2 Å². The summed E-state index contributed by atoms with van der Waals surface area (Å²) < 4.78 is 6.60. The molecule has 1 atom stereocenters. The molecule has 1 aliphatic rings. The topological polar surface area (TPSA) is 25.5 Å². The summed E-state index contributed by atoms with van der Waals surface area (Å²) in [6.45, 7) is 10.8. The summed E-state index contributed by atoms with van der Waals surface area (Å²) >= 11 is 0. The van der Waals surface area contributed by atoms with Gasteiger partial charge in [0.2, 0.25) is 0 Å². The molecule has 1 aromatic heterocycles. The van der Waals surface area contributed by atoms with Crippen molar-refractivity contribution in [2.75, 3.05) is 0 Å². The molecule has 4 aromatic carbocycles. The van der Waals surface area contributed by atoms with Crippen LogP contribution in [0.3, 0.4) is 0 Å². The third-order valence-electron chi connectivity index (χ3n) is 7.30. The third-order valence-corrected chi connectivity index (χ3v) is 7.30. The minimum Gasteiger partial charge on any atom is -0.455 e.